The Labute approximate surface area is 282 Å². The van der Waals surface area contributed by atoms with Crippen LogP contribution in [0, 0.1) is 24.8 Å². The van der Waals surface area contributed by atoms with Gasteiger partial charge in [-0.25, -0.2) is 0 Å². The summed E-state index contributed by atoms with van der Waals surface area (Å²) >= 11 is 1.93. The van der Waals surface area contributed by atoms with Crippen molar-refractivity contribution in [1.29, 1.82) is 0 Å². The summed E-state index contributed by atoms with van der Waals surface area (Å²) in [6.07, 6.45) is 9.34. The largest absolute Gasteiger partial charge is 0.512 e. The molecule has 44 heavy (non-hydrogen) atoms. The molecule has 239 valence electrons. The van der Waals surface area contributed by atoms with Crippen LogP contribution in [0.15, 0.2) is 54.4 Å². The number of hydrogen-bond acceptors (Lipinski definition) is 4. The third-order valence-corrected chi connectivity index (χ3v) is 10.9. The average molecular weight is 789 g/mol. The quantitative estimate of drug-likeness (QED) is 0.110. The van der Waals surface area contributed by atoms with Crippen molar-refractivity contribution in [2.24, 2.45) is 11.8 Å². The van der Waals surface area contributed by atoms with E-state index in [1.165, 1.54) is 44.7 Å². The summed E-state index contributed by atoms with van der Waals surface area (Å²) in [5, 5.41) is 12.5. The molecular formula is C39H50IrNO2S-. The van der Waals surface area contributed by atoms with Gasteiger partial charge < -0.3 is 10.1 Å². The molecule has 0 spiro atoms. The van der Waals surface area contributed by atoms with E-state index < -0.39 is 0 Å². The van der Waals surface area contributed by atoms with Gasteiger partial charge in [-0.05, 0) is 90.5 Å². The van der Waals surface area contributed by atoms with Crippen LogP contribution in [0.5, 0.6) is 0 Å². The molecule has 3 nitrogen and oxygen atoms in total. The number of thiophene rings is 1. The minimum atomic E-state index is 0. The molecule has 1 aliphatic rings. The van der Waals surface area contributed by atoms with Crippen LogP contribution in [0.2, 0.25) is 0 Å². The van der Waals surface area contributed by atoms with E-state index in [4.69, 9.17) is 4.98 Å². The number of carbonyl (C=O) groups is 1. The van der Waals surface area contributed by atoms with E-state index in [9.17, 15) is 9.90 Å². The van der Waals surface area contributed by atoms with E-state index in [1.54, 1.807) is 11.1 Å². The molecule has 5 rings (SSSR count). The number of benzene rings is 2. The first-order valence-corrected chi connectivity index (χ1v) is 17.0. The molecule has 0 saturated carbocycles. The second kappa shape index (κ2) is 14.8. The molecule has 0 aliphatic heterocycles. The van der Waals surface area contributed by atoms with Gasteiger partial charge in [0.25, 0.3) is 0 Å². The predicted molar refractivity (Wildman–Crippen MR) is 185 cm³/mol. The first-order valence-electron chi connectivity index (χ1n) is 16.2. The molecule has 1 radical (unpaired) electrons. The normalized spacial score (nSPS) is 15.6. The van der Waals surface area contributed by atoms with Gasteiger partial charge in [0.1, 0.15) is 0 Å². The van der Waals surface area contributed by atoms with E-state index in [0.717, 1.165) is 36.9 Å². The first-order chi connectivity index (χ1) is 20.4. The summed E-state index contributed by atoms with van der Waals surface area (Å²) < 4.78 is 2.74. The molecule has 1 aliphatic carbocycles. The van der Waals surface area contributed by atoms with Crippen molar-refractivity contribution in [2.45, 2.75) is 112 Å². The summed E-state index contributed by atoms with van der Waals surface area (Å²) in [5.41, 5.74) is 7.13. The van der Waals surface area contributed by atoms with Crippen LogP contribution in [0.1, 0.15) is 111 Å². The van der Waals surface area contributed by atoms with E-state index in [0.29, 0.717) is 0 Å². The topological polar surface area (TPSA) is 50.2 Å². The van der Waals surface area contributed by atoms with Crippen molar-refractivity contribution >= 4 is 37.3 Å². The molecule has 0 amide bonds. The van der Waals surface area contributed by atoms with Crippen molar-refractivity contribution < 1.29 is 30.0 Å². The fraction of sp³-hybridized carbons (Fsp3) is 0.487. The zero-order chi connectivity index (χ0) is 31.5. The molecular weight excluding hydrogens is 739 g/mol. The van der Waals surface area contributed by atoms with Gasteiger partial charge >= 0.3 is 0 Å². The Bertz CT molecular complexity index is 1610. The number of carbonyl (C=O) groups excluding carboxylic acids is 1. The number of pyridine rings is 1. The van der Waals surface area contributed by atoms with Gasteiger partial charge in [0.2, 0.25) is 0 Å². The minimum Gasteiger partial charge on any atom is -0.512 e. The molecule has 2 heterocycles. The molecule has 4 aromatic rings. The fourth-order valence-corrected chi connectivity index (χ4v) is 8.39. The van der Waals surface area contributed by atoms with Crippen LogP contribution in [-0.4, -0.2) is 15.9 Å². The summed E-state index contributed by atoms with van der Waals surface area (Å²) in [5.74, 6) is 0.547. The van der Waals surface area contributed by atoms with E-state index in [1.807, 2.05) is 57.4 Å². The number of aliphatic hydroxyl groups excluding tert-OH is 1. The van der Waals surface area contributed by atoms with Gasteiger partial charge in [-0.1, -0.05) is 55.4 Å². The third kappa shape index (κ3) is 7.22. The Morgan fingerprint density at radius 2 is 1.55 bits per heavy atom. The van der Waals surface area contributed by atoms with Crippen LogP contribution >= 0.6 is 11.3 Å². The molecule has 0 fully saturated rings. The maximum Gasteiger partial charge on any atom is 0.162 e. The van der Waals surface area contributed by atoms with Crippen LogP contribution in [0.4, 0.5) is 0 Å². The molecule has 1 N–H and O–H groups in total. The number of rotatable bonds is 8. The van der Waals surface area contributed by atoms with Crippen molar-refractivity contribution in [2.75, 3.05) is 0 Å². The van der Waals surface area contributed by atoms with Gasteiger partial charge in [0.05, 0.1) is 5.76 Å². The second-order valence-corrected chi connectivity index (χ2v) is 14.5. The number of fused-ring (bicyclic) bond motifs is 5. The third-order valence-electron chi connectivity index (χ3n) is 9.65. The van der Waals surface area contributed by atoms with Crippen LogP contribution < -0.4 is 0 Å². The average Bonchev–Trinajstić information content (AvgIpc) is 3.35. The molecule has 2 aromatic heterocycles. The summed E-state index contributed by atoms with van der Waals surface area (Å²) in [4.78, 5) is 16.5. The van der Waals surface area contributed by atoms with Gasteiger partial charge in [0, 0.05) is 64.7 Å². The Morgan fingerprint density at radius 1 is 0.932 bits per heavy atom. The fourth-order valence-electron chi connectivity index (χ4n) is 6.88. The SMILES string of the molecule is CCC(CC)C(=O)/C=C(\O)C(CC)CC.Cc1cc2c(sc3c(-c4[c-]cccc4)nccc32)c2c1C(C)(C)CCC2(C)C.[Ir]. The Morgan fingerprint density at radius 3 is 2.11 bits per heavy atom. The van der Waals surface area contributed by atoms with Crippen molar-refractivity contribution in [3.8, 4) is 11.3 Å². The number of aromatic nitrogens is 1. The van der Waals surface area contributed by atoms with Crippen molar-refractivity contribution in [3.05, 3.63) is 77.2 Å². The van der Waals surface area contributed by atoms with E-state index >= 15 is 0 Å². The summed E-state index contributed by atoms with van der Waals surface area (Å²) in [6, 6.07) is 16.1. The van der Waals surface area contributed by atoms with Gasteiger partial charge in [0.15, 0.2) is 5.78 Å². The smallest absolute Gasteiger partial charge is 0.162 e. The van der Waals surface area contributed by atoms with E-state index in [2.05, 4.69) is 65.0 Å². The maximum atomic E-state index is 11.7. The summed E-state index contributed by atoms with van der Waals surface area (Å²) in [6.45, 7) is 20.1. The second-order valence-electron chi connectivity index (χ2n) is 13.5. The number of hydrogen-bond donors (Lipinski definition) is 1. The Balaban J connectivity index is 0.000000286. The Hall–Kier alpha value is -2.33. The minimum absolute atomic E-state index is 0. The number of allylic oxidation sites excluding steroid dienone is 2. The molecule has 0 saturated heterocycles. The van der Waals surface area contributed by atoms with Gasteiger partial charge in [-0.3, -0.25) is 4.79 Å². The zero-order valence-electron chi connectivity index (χ0n) is 28.1. The van der Waals surface area contributed by atoms with Crippen LogP contribution in [0.3, 0.4) is 0 Å². The number of aliphatic hydroxyl groups is 1. The molecule has 0 unspecified atom stereocenters. The molecule has 5 heteroatoms. The maximum absolute atomic E-state index is 11.7. The predicted octanol–water partition coefficient (Wildman–Crippen LogP) is 11.4. The van der Waals surface area contributed by atoms with Gasteiger partial charge in [-0.15, -0.1) is 47.2 Å². The van der Waals surface area contributed by atoms with Crippen molar-refractivity contribution in [3.63, 3.8) is 0 Å². The zero-order valence-corrected chi connectivity index (χ0v) is 31.3. The number of ketones is 1. The van der Waals surface area contributed by atoms with Gasteiger partial charge in [-0.2, -0.15) is 0 Å². The molecule has 0 bridgehead atoms. The monoisotopic (exact) mass is 789 g/mol. The number of aryl methyl sites for hydroxylation is 1. The standard InChI is InChI=1S/C26H26NS.C13H24O2.Ir/c1-16-15-19-18-11-14-27-22(17-9-7-6-8-10-17)24(18)28-23(19)21-20(16)25(2,3)12-13-26(21,4)5;1-5-10(6-2)12(14)9-13(15)11(7-3)8-4;/h6-9,11,14-15H,12-13H2,1-5H3;9-11,14H,5-8H2,1-4H3;/q-1;;/b;12-9-;. The molecule has 0 atom stereocenters. The molecule has 2 aromatic carbocycles. The first kappa shape index (κ1) is 36.1. The van der Waals surface area contributed by atoms with Crippen LogP contribution in [0.25, 0.3) is 31.4 Å². The number of nitrogens with zero attached hydrogens (tertiary/aromatic N) is 1. The van der Waals surface area contributed by atoms with Crippen LogP contribution in [-0.2, 0) is 35.7 Å². The van der Waals surface area contributed by atoms with Crippen molar-refractivity contribution in [1.82, 2.24) is 4.98 Å². The Kier molecular flexibility index (Phi) is 12.2. The van der Waals surface area contributed by atoms with E-state index in [-0.39, 0.29) is 54.3 Å². The summed E-state index contributed by atoms with van der Waals surface area (Å²) in [7, 11) is 0.